The highest BCUT2D eigenvalue weighted by molar-refractivity contribution is 5.87. The first-order valence-electron chi connectivity index (χ1n) is 11.3. The quantitative estimate of drug-likeness (QED) is 0.627. The Morgan fingerprint density at radius 3 is 2.81 bits per heavy atom. The van der Waals surface area contributed by atoms with Gasteiger partial charge in [0, 0.05) is 48.5 Å². The molecule has 0 spiro atoms. The largest absolute Gasteiger partial charge is 0.355 e. The van der Waals surface area contributed by atoms with Crippen molar-refractivity contribution >= 4 is 11.6 Å². The fourth-order valence-electron chi connectivity index (χ4n) is 4.41. The Morgan fingerprint density at radius 2 is 2.12 bits per heavy atom. The van der Waals surface area contributed by atoms with Crippen LogP contribution in [0.5, 0.6) is 0 Å². The van der Waals surface area contributed by atoms with E-state index >= 15 is 0 Å². The molecule has 4 rings (SSSR count). The summed E-state index contributed by atoms with van der Waals surface area (Å²) in [6, 6.07) is 10.6. The lowest BCUT2D eigenvalue weighted by molar-refractivity contribution is -0.125. The maximum Gasteiger partial charge on any atom is 0.246 e. The molecule has 2 aromatic rings. The third-order valence-electron chi connectivity index (χ3n) is 6.07. The molecule has 2 unspecified atom stereocenters. The number of pyridine rings is 1. The van der Waals surface area contributed by atoms with Crippen molar-refractivity contribution in [3.8, 4) is 0 Å². The van der Waals surface area contributed by atoms with Crippen LogP contribution in [-0.4, -0.2) is 21.8 Å². The van der Waals surface area contributed by atoms with Crippen LogP contribution in [0, 0.1) is 0 Å². The molecule has 2 N–H and O–H groups in total. The van der Waals surface area contributed by atoms with Crippen LogP contribution < -0.4 is 10.6 Å². The average Bonchev–Trinajstić information content (AvgIpc) is 3.18. The molecule has 0 radical (unpaired) electrons. The van der Waals surface area contributed by atoms with Crippen LogP contribution in [-0.2, 0) is 17.9 Å². The van der Waals surface area contributed by atoms with E-state index in [1.807, 2.05) is 12.3 Å². The van der Waals surface area contributed by atoms with E-state index in [1.54, 1.807) is 6.20 Å². The van der Waals surface area contributed by atoms with E-state index in [4.69, 9.17) is 0 Å². The number of carbonyl (C=O) groups is 1. The first-order chi connectivity index (χ1) is 15.6. The summed E-state index contributed by atoms with van der Waals surface area (Å²) in [4.78, 5) is 19.2. The number of nitrogens with zero attached hydrogens (tertiary/aromatic N) is 2. The van der Waals surface area contributed by atoms with Crippen LogP contribution in [0.4, 0.5) is 0 Å². The van der Waals surface area contributed by atoms with Gasteiger partial charge in [0.15, 0.2) is 0 Å². The molecule has 2 aliphatic rings. The summed E-state index contributed by atoms with van der Waals surface area (Å²) < 4.78 is 0. The van der Waals surface area contributed by atoms with E-state index in [0.29, 0.717) is 0 Å². The molecule has 5 nitrogen and oxygen atoms in total. The second kappa shape index (κ2) is 10.9. The highest BCUT2D eigenvalue weighted by Crippen LogP contribution is 2.38. The Morgan fingerprint density at radius 1 is 1.31 bits per heavy atom. The van der Waals surface area contributed by atoms with Gasteiger partial charge in [-0.3, -0.25) is 9.78 Å². The van der Waals surface area contributed by atoms with Gasteiger partial charge in [-0.1, -0.05) is 43.8 Å². The Kier molecular flexibility index (Phi) is 8.01. The van der Waals surface area contributed by atoms with Crippen molar-refractivity contribution in [3.05, 3.63) is 96.5 Å². The molecule has 0 aliphatic carbocycles. The second-order valence-electron chi connectivity index (χ2n) is 8.10. The Labute approximate surface area is 191 Å². The standard InChI is InChI=1S/C25H30N4O.C2H4/c1-4-7-23-21-10-5-8-20(15-27-18(3)19-9-6-13-26-14-19)22(21)16-29(23)24-12-11-17(2)28-25(24)30;1-2/h5-10,13-14,18,24,27H,2,4,11-12,15-16H2,1,3H3,(H,28,30);1-2H2/b23-7+;. The Balaban J connectivity index is 0.00000141. The zero-order valence-corrected chi connectivity index (χ0v) is 19.2. The lowest BCUT2D eigenvalue weighted by Gasteiger charge is -2.33. The summed E-state index contributed by atoms with van der Waals surface area (Å²) in [6.45, 7) is 15.8. The third kappa shape index (κ3) is 5.00. The zero-order valence-electron chi connectivity index (χ0n) is 19.2. The van der Waals surface area contributed by atoms with Crippen LogP contribution in [0.1, 0.15) is 61.4 Å². The van der Waals surface area contributed by atoms with Gasteiger partial charge >= 0.3 is 0 Å². The molecule has 168 valence electrons. The highest BCUT2D eigenvalue weighted by Gasteiger charge is 2.36. The number of allylic oxidation sites excluding steroid dienone is 2. The van der Waals surface area contributed by atoms with E-state index in [1.165, 1.54) is 28.0 Å². The minimum atomic E-state index is -0.143. The minimum absolute atomic E-state index is 0.0611. The molecule has 1 saturated heterocycles. The molecule has 0 bridgehead atoms. The molecule has 1 aromatic carbocycles. The molecule has 3 heterocycles. The zero-order chi connectivity index (χ0) is 23.1. The lowest BCUT2D eigenvalue weighted by atomic mass is 10.0. The number of amides is 1. The molecule has 2 aliphatic heterocycles. The first kappa shape index (κ1) is 23.5. The molecule has 5 heteroatoms. The summed E-state index contributed by atoms with van der Waals surface area (Å²) in [5.74, 6) is 0.0611. The van der Waals surface area contributed by atoms with Crippen molar-refractivity contribution in [2.24, 2.45) is 0 Å². The van der Waals surface area contributed by atoms with Crippen molar-refractivity contribution in [2.75, 3.05) is 0 Å². The maximum atomic E-state index is 12.7. The predicted molar refractivity (Wildman–Crippen MR) is 131 cm³/mol. The number of hydrogen-bond donors (Lipinski definition) is 2. The van der Waals surface area contributed by atoms with Gasteiger partial charge in [-0.25, -0.2) is 0 Å². The van der Waals surface area contributed by atoms with Gasteiger partial charge in [0.25, 0.3) is 0 Å². The molecular weight excluding hydrogens is 396 g/mol. The van der Waals surface area contributed by atoms with Gasteiger partial charge < -0.3 is 15.5 Å². The van der Waals surface area contributed by atoms with Gasteiger partial charge in [0.1, 0.15) is 6.04 Å². The highest BCUT2D eigenvalue weighted by atomic mass is 16.2. The van der Waals surface area contributed by atoms with E-state index in [2.05, 4.69) is 84.4 Å². The third-order valence-corrected chi connectivity index (χ3v) is 6.07. The fraction of sp³-hybridized carbons (Fsp3) is 0.333. The topological polar surface area (TPSA) is 57.3 Å². The minimum Gasteiger partial charge on any atom is -0.355 e. The van der Waals surface area contributed by atoms with Crippen molar-refractivity contribution in [1.82, 2.24) is 20.5 Å². The van der Waals surface area contributed by atoms with Crippen LogP contribution in [0.2, 0.25) is 0 Å². The summed E-state index contributed by atoms with van der Waals surface area (Å²) in [7, 11) is 0. The summed E-state index contributed by atoms with van der Waals surface area (Å²) in [5, 5.41) is 6.58. The molecule has 2 atom stereocenters. The van der Waals surface area contributed by atoms with Crippen LogP contribution in [0.25, 0.3) is 5.70 Å². The normalized spacial score (nSPS) is 19.8. The SMILES string of the molecule is C=C.C=C1CCC(N2Cc3c(CNC(C)c4cccnc4)cccc3/C2=C\CC)C(=O)N1. The number of fused-ring (bicyclic) bond motifs is 1. The number of aromatic nitrogens is 1. The van der Waals surface area contributed by atoms with Gasteiger partial charge in [-0.05, 0) is 48.9 Å². The average molecular weight is 431 g/mol. The van der Waals surface area contributed by atoms with Crippen molar-refractivity contribution in [3.63, 3.8) is 0 Å². The smallest absolute Gasteiger partial charge is 0.246 e. The number of rotatable bonds is 6. The van der Waals surface area contributed by atoms with E-state index < -0.39 is 0 Å². The molecule has 1 fully saturated rings. The number of carbonyl (C=O) groups excluding carboxylic acids is 1. The van der Waals surface area contributed by atoms with Gasteiger partial charge in [0.05, 0.1) is 0 Å². The van der Waals surface area contributed by atoms with Crippen molar-refractivity contribution < 1.29 is 4.79 Å². The maximum absolute atomic E-state index is 12.7. The first-order valence-corrected chi connectivity index (χ1v) is 11.3. The summed E-state index contributed by atoms with van der Waals surface area (Å²) in [6.07, 6.45) is 8.54. The van der Waals surface area contributed by atoms with Crippen LogP contribution >= 0.6 is 0 Å². The fourth-order valence-corrected chi connectivity index (χ4v) is 4.41. The number of hydrogen-bond acceptors (Lipinski definition) is 4. The molecule has 1 aromatic heterocycles. The van der Waals surface area contributed by atoms with E-state index in [-0.39, 0.29) is 18.0 Å². The molecular formula is C27H34N4O. The Hall–Kier alpha value is -3.18. The van der Waals surface area contributed by atoms with Crippen molar-refractivity contribution in [1.29, 1.82) is 0 Å². The number of piperidine rings is 1. The molecule has 0 saturated carbocycles. The Bertz CT molecular complexity index is 982. The van der Waals surface area contributed by atoms with Crippen LogP contribution in [0.3, 0.4) is 0 Å². The number of benzene rings is 1. The van der Waals surface area contributed by atoms with Crippen LogP contribution in [0.15, 0.2) is 74.2 Å². The second-order valence-corrected chi connectivity index (χ2v) is 8.10. The summed E-state index contributed by atoms with van der Waals surface area (Å²) >= 11 is 0. The van der Waals surface area contributed by atoms with Gasteiger partial charge in [-0.15, -0.1) is 13.2 Å². The number of nitrogens with one attached hydrogen (secondary N) is 2. The van der Waals surface area contributed by atoms with E-state index in [0.717, 1.165) is 38.0 Å². The van der Waals surface area contributed by atoms with Gasteiger partial charge in [-0.2, -0.15) is 0 Å². The predicted octanol–water partition coefficient (Wildman–Crippen LogP) is 5.09. The molecule has 1 amide bonds. The monoisotopic (exact) mass is 430 g/mol. The molecule has 32 heavy (non-hydrogen) atoms. The van der Waals surface area contributed by atoms with E-state index in [9.17, 15) is 4.79 Å². The summed E-state index contributed by atoms with van der Waals surface area (Å²) in [5.41, 5.74) is 7.04. The van der Waals surface area contributed by atoms with Crippen molar-refractivity contribution in [2.45, 2.75) is 58.3 Å². The lowest BCUT2D eigenvalue weighted by Crippen LogP contribution is -2.47. The van der Waals surface area contributed by atoms with Gasteiger partial charge in [0.2, 0.25) is 5.91 Å².